The van der Waals surface area contributed by atoms with E-state index in [1.165, 1.54) is 12.0 Å². The monoisotopic (exact) mass is 295 g/mol. The maximum Gasteiger partial charge on any atom is 0.331 e. The lowest BCUT2D eigenvalue weighted by molar-refractivity contribution is -0.151. The van der Waals surface area contributed by atoms with Crippen LogP contribution in [0.5, 0.6) is 0 Å². The Morgan fingerprint density at radius 3 is 2.81 bits per heavy atom. The molecule has 0 bridgehead atoms. The number of rotatable bonds is 3. The third-order valence-corrected chi connectivity index (χ3v) is 3.51. The number of nitrogens with zero attached hydrogens (tertiary/aromatic N) is 2. The number of hydrogen-bond donors (Lipinski definition) is 1. The van der Waals surface area contributed by atoms with Gasteiger partial charge < -0.3 is 24.7 Å². The molecule has 1 saturated heterocycles. The summed E-state index contributed by atoms with van der Waals surface area (Å²) in [6.07, 6.45) is 1.73. The standard InChI is InChI=1S/C14H21N3O4/c1-9(2)17-7-10(15)6-11(17)13(18)16-4-5-21-8-12(16)14(19)20-3/h6-7,9,12H,4-5,8,15H2,1-3H3. The highest BCUT2D eigenvalue weighted by Gasteiger charge is 2.35. The lowest BCUT2D eigenvalue weighted by atomic mass is 10.2. The predicted molar refractivity (Wildman–Crippen MR) is 76.9 cm³/mol. The summed E-state index contributed by atoms with van der Waals surface area (Å²) in [5.74, 6) is -0.710. The van der Waals surface area contributed by atoms with Gasteiger partial charge in [-0.1, -0.05) is 0 Å². The van der Waals surface area contributed by atoms with Crippen LogP contribution in [0.4, 0.5) is 5.69 Å². The molecule has 1 amide bonds. The molecule has 0 radical (unpaired) electrons. The molecular formula is C14H21N3O4. The van der Waals surface area contributed by atoms with Crippen LogP contribution in [0.25, 0.3) is 0 Å². The predicted octanol–water partition coefficient (Wildman–Crippen LogP) is 0.665. The Morgan fingerprint density at radius 1 is 1.48 bits per heavy atom. The van der Waals surface area contributed by atoms with Gasteiger partial charge in [-0.25, -0.2) is 4.79 Å². The second-order valence-electron chi connectivity index (χ2n) is 5.27. The van der Waals surface area contributed by atoms with Gasteiger partial charge in [-0.15, -0.1) is 0 Å². The van der Waals surface area contributed by atoms with Crippen LogP contribution in [0.15, 0.2) is 12.3 Å². The van der Waals surface area contributed by atoms with Gasteiger partial charge in [-0.2, -0.15) is 0 Å². The maximum absolute atomic E-state index is 12.8. The Labute approximate surface area is 123 Å². The molecule has 21 heavy (non-hydrogen) atoms. The molecular weight excluding hydrogens is 274 g/mol. The van der Waals surface area contributed by atoms with Crippen molar-refractivity contribution in [2.45, 2.75) is 25.9 Å². The van der Waals surface area contributed by atoms with E-state index >= 15 is 0 Å². The van der Waals surface area contributed by atoms with Crippen LogP contribution in [-0.2, 0) is 14.3 Å². The highest BCUT2D eigenvalue weighted by atomic mass is 16.5. The van der Waals surface area contributed by atoms with Gasteiger partial charge in [0.1, 0.15) is 5.69 Å². The largest absolute Gasteiger partial charge is 0.467 e. The van der Waals surface area contributed by atoms with E-state index in [1.807, 2.05) is 18.4 Å². The second-order valence-corrected chi connectivity index (χ2v) is 5.27. The van der Waals surface area contributed by atoms with E-state index in [1.54, 1.807) is 12.3 Å². The van der Waals surface area contributed by atoms with Gasteiger partial charge in [0.05, 0.1) is 26.0 Å². The minimum Gasteiger partial charge on any atom is -0.467 e. The molecule has 0 aromatic carbocycles. The minimum atomic E-state index is -0.715. The molecule has 1 aromatic rings. The van der Waals surface area contributed by atoms with Crippen molar-refractivity contribution in [2.24, 2.45) is 0 Å². The molecule has 7 nitrogen and oxygen atoms in total. The average Bonchev–Trinajstić information content (AvgIpc) is 2.88. The van der Waals surface area contributed by atoms with Gasteiger partial charge >= 0.3 is 5.97 Å². The lowest BCUT2D eigenvalue weighted by Gasteiger charge is -2.34. The topological polar surface area (TPSA) is 86.8 Å². The smallest absolute Gasteiger partial charge is 0.331 e. The molecule has 0 aliphatic carbocycles. The van der Waals surface area contributed by atoms with Gasteiger partial charge in [-0.3, -0.25) is 4.79 Å². The number of aromatic nitrogens is 1. The molecule has 1 aliphatic rings. The summed E-state index contributed by atoms with van der Waals surface area (Å²) < 4.78 is 11.8. The number of methoxy groups -OCH3 is 1. The summed E-state index contributed by atoms with van der Waals surface area (Å²) in [5, 5.41) is 0. The molecule has 1 aliphatic heterocycles. The summed E-state index contributed by atoms with van der Waals surface area (Å²) in [6.45, 7) is 4.83. The number of ether oxygens (including phenoxy) is 2. The van der Waals surface area contributed by atoms with Crippen molar-refractivity contribution >= 4 is 17.6 Å². The van der Waals surface area contributed by atoms with Crippen molar-refractivity contribution in [3.8, 4) is 0 Å². The molecule has 116 valence electrons. The van der Waals surface area contributed by atoms with Crippen LogP contribution in [-0.4, -0.2) is 54.3 Å². The molecule has 2 N–H and O–H groups in total. The Bertz CT molecular complexity index is 538. The van der Waals surface area contributed by atoms with Gasteiger partial charge in [0.25, 0.3) is 5.91 Å². The van der Waals surface area contributed by atoms with E-state index in [0.717, 1.165) is 0 Å². The number of esters is 1. The van der Waals surface area contributed by atoms with E-state index in [2.05, 4.69) is 0 Å². The minimum absolute atomic E-state index is 0.0962. The van der Waals surface area contributed by atoms with Gasteiger partial charge in [0, 0.05) is 18.8 Å². The van der Waals surface area contributed by atoms with Crippen LogP contribution >= 0.6 is 0 Å². The molecule has 1 atom stereocenters. The van der Waals surface area contributed by atoms with Gasteiger partial charge in [-0.05, 0) is 19.9 Å². The molecule has 0 saturated carbocycles. The van der Waals surface area contributed by atoms with E-state index in [-0.39, 0.29) is 18.6 Å². The first-order chi connectivity index (χ1) is 9.95. The highest BCUT2D eigenvalue weighted by Crippen LogP contribution is 2.20. The first-order valence-corrected chi connectivity index (χ1v) is 6.89. The highest BCUT2D eigenvalue weighted by molar-refractivity contribution is 5.96. The van der Waals surface area contributed by atoms with Crippen LogP contribution in [0.3, 0.4) is 0 Å². The number of morpholine rings is 1. The van der Waals surface area contributed by atoms with Crippen molar-refractivity contribution in [1.29, 1.82) is 0 Å². The fourth-order valence-electron chi connectivity index (χ4n) is 2.42. The summed E-state index contributed by atoms with van der Waals surface area (Å²) in [5.41, 5.74) is 6.79. The fraction of sp³-hybridized carbons (Fsp3) is 0.571. The molecule has 1 fully saturated rings. The average molecular weight is 295 g/mol. The maximum atomic E-state index is 12.8. The summed E-state index contributed by atoms with van der Waals surface area (Å²) in [6, 6.07) is 1.01. The number of nitrogen functional groups attached to an aromatic ring is 1. The Morgan fingerprint density at radius 2 is 2.19 bits per heavy atom. The van der Waals surface area contributed by atoms with E-state index in [4.69, 9.17) is 15.2 Å². The Balaban J connectivity index is 2.31. The third-order valence-electron chi connectivity index (χ3n) is 3.51. The Hall–Kier alpha value is -2.02. The molecule has 2 heterocycles. The van der Waals surface area contributed by atoms with E-state index in [9.17, 15) is 9.59 Å². The summed E-state index contributed by atoms with van der Waals surface area (Å²) in [7, 11) is 1.30. The zero-order valence-electron chi connectivity index (χ0n) is 12.5. The zero-order chi connectivity index (χ0) is 15.6. The van der Waals surface area contributed by atoms with Gasteiger partial charge in [0.2, 0.25) is 0 Å². The van der Waals surface area contributed by atoms with Crippen molar-refractivity contribution in [3.63, 3.8) is 0 Å². The number of nitrogens with two attached hydrogens (primary N) is 1. The van der Waals surface area contributed by atoms with Gasteiger partial charge in [0.15, 0.2) is 6.04 Å². The van der Waals surface area contributed by atoms with E-state index in [0.29, 0.717) is 24.5 Å². The number of hydrogen-bond acceptors (Lipinski definition) is 5. The number of carbonyl (C=O) groups is 2. The van der Waals surface area contributed by atoms with Crippen molar-refractivity contribution in [2.75, 3.05) is 32.6 Å². The Kier molecular flexibility index (Phi) is 4.52. The van der Waals surface area contributed by atoms with Crippen LogP contribution in [0, 0.1) is 0 Å². The number of carbonyl (C=O) groups excluding carboxylic acids is 2. The number of amides is 1. The van der Waals surface area contributed by atoms with Crippen molar-refractivity contribution < 1.29 is 19.1 Å². The van der Waals surface area contributed by atoms with Crippen LogP contribution in [0.1, 0.15) is 30.4 Å². The molecule has 0 spiro atoms. The van der Waals surface area contributed by atoms with E-state index < -0.39 is 12.0 Å². The first-order valence-electron chi connectivity index (χ1n) is 6.89. The fourth-order valence-corrected chi connectivity index (χ4v) is 2.42. The van der Waals surface area contributed by atoms with Crippen LogP contribution in [0.2, 0.25) is 0 Å². The first kappa shape index (κ1) is 15.4. The quantitative estimate of drug-likeness (QED) is 0.828. The zero-order valence-corrected chi connectivity index (χ0v) is 12.5. The second kappa shape index (κ2) is 6.17. The molecule has 1 aromatic heterocycles. The normalized spacial score (nSPS) is 18.9. The summed E-state index contributed by atoms with van der Waals surface area (Å²) >= 11 is 0. The molecule has 2 rings (SSSR count). The summed E-state index contributed by atoms with van der Waals surface area (Å²) in [4.78, 5) is 26.1. The van der Waals surface area contributed by atoms with Crippen molar-refractivity contribution in [3.05, 3.63) is 18.0 Å². The van der Waals surface area contributed by atoms with Crippen molar-refractivity contribution in [1.82, 2.24) is 9.47 Å². The third kappa shape index (κ3) is 3.02. The lowest BCUT2D eigenvalue weighted by Crippen LogP contribution is -2.53. The number of anilines is 1. The SMILES string of the molecule is COC(=O)C1COCCN1C(=O)c1cc(N)cn1C(C)C. The molecule has 7 heteroatoms. The van der Waals surface area contributed by atoms with Crippen LogP contribution < -0.4 is 5.73 Å². The molecule has 1 unspecified atom stereocenters.